The molecule has 0 fully saturated rings. The summed E-state index contributed by atoms with van der Waals surface area (Å²) in [6.45, 7) is 2.46. The van der Waals surface area contributed by atoms with E-state index in [1.165, 1.54) is 18.3 Å². The van der Waals surface area contributed by atoms with Crippen LogP contribution in [0.25, 0.3) is 0 Å². The number of pyridine rings is 1. The number of benzene rings is 1. The molecule has 148 valence electrons. The Bertz CT molecular complexity index is 825. The monoisotopic (exact) mass is 382 g/mol. The number of aromatic nitrogens is 1. The van der Waals surface area contributed by atoms with Crippen LogP contribution in [0.1, 0.15) is 54.2 Å². The number of nitrogens with zero attached hydrogens (tertiary/aromatic N) is 1. The smallest absolute Gasteiger partial charge is 0.332 e. The maximum absolute atomic E-state index is 13.0. The first-order chi connectivity index (χ1) is 13.6. The van der Waals surface area contributed by atoms with E-state index in [0.717, 1.165) is 36.8 Å². The van der Waals surface area contributed by atoms with Gasteiger partial charge in [0.2, 0.25) is 0 Å². The molecule has 6 heteroatoms. The summed E-state index contributed by atoms with van der Waals surface area (Å²) in [5, 5.41) is 12.7. The van der Waals surface area contributed by atoms with E-state index in [2.05, 4.69) is 17.2 Å². The molecule has 2 N–H and O–H groups in total. The highest BCUT2D eigenvalue weighted by Crippen LogP contribution is 2.32. The summed E-state index contributed by atoms with van der Waals surface area (Å²) >= 11 is 0. The van der Waals surface area contributed by atoms with E-state index in [-0.39, 0.29) is 11.4 Å². The topological polar surface area (TPSA) is 88.5 Å². The van der Waals surface area contributed by atoms with Crippen molar-refractivity contribution in [2.45, 2.75) is 51.0 Å². The fraction of sp³-hybridized carbons (Fsp3) is 0.409. The molecule has 1 aromatic carbocycles. The fourth-order valence-electron chi connectivity index (χ4n) is 3.58. The van der Waals surface area contributed by atoms with Gasteiger partial charge < -0.3 is 15.2 Å². The molecule has 0 radical (unpaired) electrons. The lowest BCUT2D eigenvalue weighted by molar-refractivity contribution is -0.151. The first-order valence-electron chi connectivity index (χ1n) is 9.76. The Morgan fingerprint density at radius 3 is 2.46 bits per heavy atom. The lowest BCUT2D eigenvalue weighted by Gasteiger charge is -2.28. The summed E-state index contributed by atoms with van der Waals surface area (Å²) in [6, 6.07) is 10.7. The van der Waals surface area contributed by atoms with Crippen molar-refractivity contribution in [2.75, 3.05) is 6.61 Å². The second kappa shape index (κ2) is 8.87. The molecule has 0 saturated carbocycles. The first kappa shape index (κ1) is 19.9. The molecule has 1 aliphatic rings. The number of carbonyl (C=O) groups excluding carboxylic acids is 2. The normalized spacial score (nSPS) is 14.3. The van der Waals surface area contributed by atoms with Crippen molar-refractivity contribution < 1.29 is 19.4 Å². The summed E-state index contributed by atoms with van der Waals surface area (Å²) in [4.78, 5) is 29.7. The van der Waals surface area contributed by atoms with Gasteiger partial charge >= 0.3 is 5.97 Å². The number of nitrogens with one attached hydrogen (secondary N) is 1. The maximum Gasteiger partial charge on any atom is 0.332 e. The summed E-state index contributed by atoms with van der Waals surface area (Å²) in [6.07, 6.45) is 6.16. The molecule has 2 aromatic rings. The van der Waals surface area contributed by atoms with Gasteiger partial charge in [0.1, 0.15) is 11.3 Å². The van der Waals surface area contributed by atoms with Crippen LogP contribution < -0.4 is 5.32 Å². The molecule has 1 heterocycles. The number of unbranched alkanes of at least 4 members (excludes halogenated alkanes) is 3. The van der Waals surface area contributed by atoms with Gasteiger partial charge in [-0.3, -0.25) is 4.79 Å². The average Bonchev–Trinajstić information content (AvgIpc) is 3.07. The van der Waals surface area contributed by atoms with Crippen LogP contribution in [0.5, 0.6) is 5.75 Å². The molecule has 28 heavy (non-hydrogen) atoms. The Labute approximate surface area is 164 Å². The zero-order valence-electron chi connectivity index (χ0n) is 16.1. The predicted molar refractivity (Wildman–Crippen MR) is 105 cm³/mol. The van der Waals surface area contributed by atoms with Crippen molar-refractivity contribution in [1.82, 2.24) is 10.3 Å². The van der Waals surface area contributed by atoms with Gasteiger partial charge in [0.25, 0.3) is 5.91 Å². The van der Waals surface area contributed by atoms with Gasteiger partial charge in [-0.05, 0) is 29.7 Å². The zero-order valence-corrected chi connectivity index (χ0v) is 16.1. The molecule has 1 aliphatic carbocycles. The highest BCUT2D eigenvalue weighted by molar-refractivity contribution is 5.99. The molecule has 0 unspecified atom stereocenters. The third-order valence-electron chi connectivity index (χ3n) is 5.08. The lowest BCUT2D eigenvalue weighted by atomic mass is 9.95. The van der Waals surface area contributed by atoms with E-state index in [1.54, 1.807) is 0 Å². The van der Waals surface area contributed by atoms with Crippen LogP contribution in [0, 0.1) is 0 Å². The molecule has 1 aromatic heterocycles. The minimum Gasteiger partial charge on any atom is -0.505 e. The summed E-state index contributed by atoms with van der Waals surface area (Å²) < 4.78 is 5.54. The minimum atomic E-state index is -1.19. The molecule has 0 spiro atoms. The van der Waals surface area contributed by atoms with Crippen LogP contribution >= 0.6 is 0 Å². The highest BCUT2D eigenvalue weighted by atomic mass is 16.5. The van der Waals surface area contributed by atoms with Crippen LogP contribution in [0.2, 0.25) is 0 Å². The van der Waals surface area contributed by atoms with Gasteiger partial charge in [-0.25, -0.2) is 9.78 Å². The standard InChI is InChI=1S/C22H26N2O4/c1-2-3-4-7-13-28-21(27)22(14-16-9-5-6-10-17(16)15-22)24-20(26)19-18(25)11-8-12-23-19/h5-6,8-12,25H,2-4,7,13-15H2,1H3,(H,24,26). The number of hydrogen-bond donors (Lipinski definition) is 2. The van der Waals surface area contributed by atoms with E-state index in [4.69, 9.17) is 4.74 Å². The number of amides is 1. The SMILES string of the molecule is CCCCCCOC(=O)C1(NC(=O)c2ncccc2O)Cc2ccccc2C1. The number of aromatic hydroxyl groups is 1. The van der Waals surface area contributed by atoms with Crippen LogP contribution in [-0.4, -0.2) is 34.1 Å². The van der Waals surface area contributed by atoms with Crippen molar-refractivity contribution in [3.8, 4) is 5.75 Å². The number of esters is 1. The van der Waals surface area contributed by atoms with Crippen molar-refractivity contribution in [1.29, 1.82) is 0 Å². The van der Waals surface area contributed by atoms with Gasteiger partial charge in [0.15, 0.2) is 5.69 Å². The van der Waals surface area contributed by atoms with Crippen molar-refractivity contribution in [2.24, 2.45) is 0 Å². The summed E-state index contributed by atoms with van der Waals surface area (Å²) in [7, 11) is 0. The lowest BCUT2D eigenvalue weighted by Crippen LogP contribution is -2.56. The van der Waals surface area contributed by atoms with Gasteiger partial charge in [-0.1, -0.05) is 50.5 Å². The first-order valence-corrected chi connectivity index (χ1v) is 9.76. The van der Waals surface area contributed by atoms with E-state index in [1.807, 2.05) is 24.3 Å². The van der Waals surface area contributed by atoms with E-state index < -0.39 is 17.4 Å². The third-order valence-corrected chi connectivity index (χ3v) is 5.08. The third kappa shape index (κ3) is 4.32. The molecular weight excluding hydrogens is 356 g/mol. The number of hydrogen-bond acceptors (Lipinski definition) is 5. The van der Waals surface area contributed by atoms with Crippen molar-refractivity contribution >= 4 is 11.9 Å². The average molecular weight is 382 g/mol. The molecule has 6 nitrogen and oxygen atoms in total. The minimum absolute atomic E-state index is 0.103. The van der Waals surface area contributed by atoms with E-state index in [9.17, 15) is 14.7 Å². The number of ether oxygens (including phenoxy) is 1. The Hall–Kier alpha value is -2.89. The Morgan fingerprint density at radius 1 is 1.11 bits per heavy atom. The van der Waals surface area contributed by atoms with Crippen LogP contribution in [-0.2, 0) is 22.4 Å². The number of fused-ring (bicyclic) bond motifs is 1. The second-order valence-corrected chi connectivity index (χ2v) is 7.23. The zero-order chi connectivity index (χ0) is 20.0. The van der Waals surface area contributed by atoms with Gasteiger partial charge in [0.05, 0.1) is 6.61 Å². The van der Waals surface area contributed by atoms with Crippen molar-refractivity contribution in [3.63, 3.8) is 0 Å². The van der Waals surface area contributed by atoms with Crippen molar-refractivity contribution in [3.05, 3.63) is 59.4 Å². The largest absolute Gasteiger partial charge is 0.505 e. The van der Waals surface area contributed by atoms with Crippen LogP contribution in [0.3, 0.4) is 0 Å². The molecule has 0 saturated heterocycles. The molecule has 0 atom stereocenters. The molecule has 0 bridgehead atoms. The maximum atomic E-state index is 13.0. The Balaban J connectivity index is 1.77. The number of rotatable bonds is 8. The highest BCUT2D eigenvalue weighted by Gasteiger charge is 2.47. The molecule has 0 aliphatic heterocycles. The van der Waals surface area contributed by atoms with Gasteiger partial charge in [-0.15, -0.1) is 0 Å². The number of carbonyl (C=O) groups is 2. The molecule has 3 rings (SSSR count). The molecule has 1 amide bonds. The van der Waals surface area contributed by atoms with Crippen LogP contribution in [0.15, 0.2) is 42.6 Å². The van der Waals surface area contributed by atoms with E-state index >= 15 is 0 Å². The Kier molecular flexibility index (Phi) is 6.29. The Morgan fingerprint density at radius 2 is 1.82 bits per heavy atom. The van der Waals surface area contributed by atoms with Gasteiger partial charge in [0, 0.05) is 19.0 Å². The fourth-order valence-corrected chi connectivity index (χ4v) is 3.58. The van der Waals surface area contributed by atoms with Crippen LogP contribution in [0.4, 0.5) is 0 Å². The second-order valence-electron chi connectivity index (χ2n) is 7.23. The van der Waals surface area contributed by atoms with Gasteiger partial charge in [-0.2, -0.15) is 0 Å². The molecular formula is C22H26N2O4. The predicted octanol–water partition coefficient (Wildman–Crippen LogP) is 3.18. The summed E-state index contributed by atoms with van der Waals surface area (Å²) in [5.41, 5.74) is 0.732. The summed E-state index contributed by atoms with van der Waals surface area (Å²) in [5.74, 6) is -1.25. The quantitative estimate of drug-likeness (QED) is 0.541. The van der Waals surface area contributed by atoms with E-state index in [0.29, 0.717) is 19.4 Å².